The van der Waals surface area contributed by atoms with Crippen molar-refractivity contribution in [1.82, 2.24) is 5.32 Å². The lowest BCUT2D eigenvalue weighted by molar-refractivity contribution is -0.213. The highest BCUT2D eigenvalue weighted by Crippen LogP contribution is 2.51. The normalized spacial score (nSPS) is 20.3. The predicted octanol–water partition coefficient (Wildman–Crippen LogP) is 6.80. The number of phosphoric ester groups is 3. The number of unbranched alkanes of at least 4 members (excludes halogenated alkanes) is 16. The van der Waals surface area contributed by atoms with Crippen molar-refractivity contribution in [3.8, 4) is 0 Å². The summed E-state index contributed by atoms with van der Waals surface area (Å²) in [5.41, 5.74) is 2.02. The maximum atomic E-state index is 13.2. The molecule has 9 N–H and O–H groups in total. The highest BCUT2D eigenvalue weighted by molar-refractivity contribution is 7.47. The molecule has 22 nitrogen and oxygen atoms in total. The average Bonchev–Trinajstić information content (AvgIpc) is 3.35. The molecule has 74 heavy (non-hydrogen) atoms. The second kappa shape index (κ2) is 34.5. The smallest absolute Gasteiger partial charge is 0.462 e. The molecule has 1 aliphatic rings. The maximum absolute atomic E-state index is 13.2. The molecule has 3 rings (SSSR count). The van der Waals surface area contributed by atoms with Gasteiger partial charge >= 0.3 is 35.4 Å². The van der Waals surface area contributed by atoms with Gasteiger partial charge in [0.2, 0.25) is 5.91 Å². The molecule has 2 aromatic carbocycles. The fraction of sp³-hybridized carbons (Fsp3) is 0.673. The van der Waals surface area contributed by atoms with Crippen LogP contribution in [0, 0.1) is 0 Å². The molecule has 0 aromatic heterocycles. The molecule has 420 valence electrons. The zero-order chi connectivity index (χ0) is 54.6. The van der Waals surface area contributed by atoms with Gasteiger partial charge in [-0.25, -0.2) is 13.7 Å². The molecule has 1 saturated carbocycles. The first kappa shape index (κ1) is 65.0. The molecule has 0 aliphatic heterocycles. The Labute approximate surface area is 433 Å². The molecule has 0 spiro atoms. The predicted molar refractivity (Wildman–Crippen MR) is 269 cm³/mol. The number of hydrogen-bond donors (Lipinski definition) is 9. The first-order valence-corrected chi connectivity index (χ1v) is 30.1. The largest absolute Gasteiger partial charge is 0.472 e. The summed E-state index contributed by atoms with van der Waals surface area (Å²) < 4.78 is 65.5. The van der Waals surface area contributed by atoms with Crippen LogP contribution in [-0.2, 0) is 62.1 Å². The summed E-state index contributed by atoms with van der Waals surface area (Å²) in [6.07, 6.45) is 2.00. The van der Waals surface area contributed by atoms with Crippen LogP contribution < -0.4 is 5.32 Å². The fourth-order valence-corrected chi connectivity index (χ4v) is 10.3. The van der Waals surface area contributed by atoms with Crippen LogP contribution in [0.3, 0.4) is 0 Å². The van der Waals surface area contributed by atoms with Crippen molar-refractivity contribution in [2.75, 3.05) is 19.8 Å². The third kappa shape index (κ3) is 27.2. The Morgan fingerprint density at radius 2 is 1.01 bits per heavy atom. The number of ketones is 1. The van der Waals surface area contributed by atoms with Crippen LogP contribution in [0.5, 0.6) is 0 Å². The van der Waals surface area contributed by atoms with Gasteiger partial charge in [-0.3, -0.25) is 37.3 Å². The Balaban J connectivity index is 1.47. The number of phosphoric acid groups is 3. The number of aliphatic hydroxyl groups is 3. The number of nitrogens with one attached hydrogen (secondary N) is 1. The van der Waals surface area contributed by atoms with Crippen LogP contribution in [0.2, 0.25) is 0 Å². The van der Waals surface area contributed by atoms with E-state index in [9.17, 15) is 72.7 Å². The van der Waals surface area contributed by atoms with E-state index < -0.39 is 91.3 Å². The van der Waals surface area contributed by atoms with Gasteiger partial charge < -0.3 is 54.6 Å². The van der Waals surface area contributed by atoms with Crippen LogP contribution in [0.25, 0.3) is 0 Å². The van der Waals surface area contributed by atoms with Gasteiger partial charge in [0.25, 0.3) is 0 Å². The summed E-state index contributed by atoms with van der Waals surface area (Å²) in [7, 11) is -16.7. The topological polar surface area (TPSA) is 349 Å². The molecule has 8 atom stereocenters. The van der Waals surface area contributed by atoms with E-state index in [2.05, 4.69) is 21.3 Å². The fourth-order valence-electron chi connectivity index (χ4n) is 8.20. The highest BCUT2D eigenvalue weighted by Gasteiger charge is 2.56. The molecule has 0 radical (unpaired) electrons. The number of carbonyl (C=O) groups is 4. The van der Waals surface area contributed by atoms with Gasteiger partial charge in [-0.1, -0.05) is 158 Å². The van der Waals surface area contributed by atoms with E-state index >= 15 is 0 Å². The SMILES string of the molecule is CCCCCCCCCCCCCCCCCC(=O)O[C@@H](COC(=O)CCCCCNC(=O)CCc1ccc(C(=O)c2ccccc2)cc1)COP(=O)(O)O[C@@H]1[C@H](O)[C@H](O)[C@@H](OP(=O)(O)O)[C@H](OP(=O)(O)O)[C@H]1O. The number of rotatable bonds is 39. The molecule has 1 fully saturated rings. The third-order valence-corrected chi connectivity index (χ3v) is 14.2. The van der Waals surface area contributed by atoms with E-state index in [1.54, 1.807) is 36.4 Å². The number of ether oxygens (including phenoxy) is 2. The molecule has 1 amide bonds. The Morgan fingerprint density at radius 1 is 0.541 bits per heavy atom. The standard InChI is InChI=1S/C49H78NO21P3/c1-2-3-4-5-6-7-8-9-10-11-12-13-14-15-20-26-42(53)68-39(35-67-74(64,65)71-47-44(55)45(56)48(69-72(58,59)60)49(46(47)57)70-73(61,62)63)34-66-41(52)25-21-17-22-33-50-40(51)32-29-36-27-30-38(31-28-36)43(54)37-23-18-16-19-24-37/h16,18-19,23-24,27-28,30-31,39,44-49,55-57H,2-15,17,20-22,25-26,29,32-35H2,1H3,(H,50,51)(H,64,65)(H2,58,59,60)(H2,61,62,63)/t39-,44+,45-,46-,47+,48+,49+/m0/s1. The number of amides is 1. The molecule has 0 saturated heterocycles. The van der Waals surface area contributed by atoms with Crippen molar-refractivity contribution in [1.29, 1.82) is 0 Å². The van der Waals surface area contributed by atoms with Crippen molar-refractivity contribution in [2.45, 2.75) is 191 Å². The summed E-state index contributed by atoms with van der Waals surface area (Å²) >= 11 is 0. The highest BCUT2D eigenvalue weighted by atomic mass is 31.2. The lowest BCUT2D eigenvalue weighted by Crippen LogP contribution is -2.65. The number of hydrogen-bond acceptors (Lipinski definition) is 16. The van der Waals surface area contributed by atoms with Gasteiger partial charge in [-0.2, -0.15) is 0 Å². The first-order valence-electron chi connectivity index (χ1n) is 25.6. The van der Waals surface area contributed by atoms with Gasteiger partial charge in [0.15, 0.2) is 11.9 Å². The molecule has 1 unspecified atom stereocenters. The van der Waals surface area contributed by atoms with E-state index in [0.29, 0.717) is 49.8 Å². The van der Waals surface area contributed by atoms with E-state index in [1.807, 2.05) is 18.2 Å². The Bertz CT molecular complexity index is 2100. The zero-order valence-electron chi connectivity index (χ0n) is 42.1. The van der Waals surface area contributed by atoms with Crippen molar-refractivity contribution >= 4 is 47.1 Å². The summed E-state index contributed by atoms with van der Waals surface area (Å²) in [4.78, 5) is 98.6. The van der Waals surface area contributed by atoms with E-state index in [4.69, 9.17) is 18.5 Å². The summed E-state index contributed by atoms with van der Waals surface area (Å²) in [6, 6.07) is 16.0. The molecule has 1 aliphatic carbocycles. The van der Waals surface area contributed by atoms with Crippen LogP contribution in [0.1, 0.15) is 163 Å². The van der Waals surface area contributed by atoms with E-state index in [1.165, 1.54) is 57.8 Å². The minimum absolute atomic E-state index is 0.0475. The quantitative estimate of drug-likeness (QED) is 0.0144. The van der Waals surface area contributed by atoms with Crippen molar-refractivity contribution in [3.05, 3.63) is 71.3 Å². The van der Waals surface area contributed by atoms with Gasteiger partial charge in [-0.05, 0) is 31.2 Å². The van der Waals surface area contributed by atoms with Gasteiger partial charge in [0, 0.05) is 36.9 Å². The number of carbonyl (C=O) groups excluding carboxylic acids is 4. The number of esters is 2. The molecule has 0 heterocycles. The third-order valence-electron chi connectivity index (χ3n) is 12.2. The monoisotopic (exact) mass is 1110 g/mol. The Hall–Kier alpha value is -3.27. The average molecular weight is 1110 g/mol. The minimum atomic E-state index is -5.63. The summed E-state index contributed by atoms with van der Waals surface area (Å²) in [5.74, 6) is -1.73. The summed E-state index contributed by atoms with van der Waals surface area (Å²) in [6.45, 7) is 0.931. The van der Waals surface area contributed by atoms with Crippen molar-refractivity contribution in [3.63, 3.8) is 0 Å². The van der Waals surface area contributed by atoms with Crippen LogP contribution in [0.4, 0.5) is 0 Å². The molecular formula is C49H78NO21P3. The lowest BCUT2D eigenvalue weighted by atomic mass is 9.85. The van der Waals surface area contributed by atoms with Gasteiger partial charge in [0.05, 0.1) is 6.61 Å². The second-order valence-electron chi connectivity index (χ2n) is 18.5. The Kier molecular flexibility index (Phi) is 30.3. The number of aryl methyl sites for hydroxylation is 1. The van der Waals surface area contributed by atoms with Crippen LogP contribution in [0.15, 0.2) is 54.6 Å². The number of benzene rings is 2. The minimum Gasteiger partial charge on any atom is -0.462 e. The number of aliphatic hydroxyl groups excluding tert-OH is 3. The first-order chi connectivity index (χ1) is 35.1. The molecular weight excluding hydrogens is 1030 g/mol. The van der Waals surface area contributed by atoms with E-state index in [0.717, 1.165) is 37.7 Å². The summed E-state index contributed by atoms with van der Waals surface area (Å²) in [5, 5.41) is 34.8. The molecule has 25 heteroatoms. The zero-order valence-corrected chi connectivity index (χ0v) is 44.8. The van der Waals surface area contributed by atoms with Gasteiger partial charge in [0.1, 0.15) is 43.2 Å². The Morgan fingerprint density at radius 3 is 1.55 bits per heavy atom. The van der Waals surface area contributed by atoms with Crippen molar-refractivity contribution < 1.29 is 100 Å². The molecule has 0 bridgehead atoms. The van der Waals surface area contributed by atoms with E-state index in [-0.39, 0.29) is 31.0 Å². The lowest BCUT2D eigenvalue weighted by Gasteiger charge is -2.44. The van der Waals surface area contributed by atoms with Gasteiger partial charge in [-0.15, -0.1) is 0 Å². The molecule has 2 aromatic rings. The van der Waals surface area contributed by atoms with Crippen molar-refractivity contribution in [2.24, 2.45) is 0 Å². The van der Waals surface area contributed by atoms with Crippen LogP contribution in [-0.4, -0.2) is 126 Å². The maximum Gasteiger partial charge on any atom is 0.472 e. The van der Waals surface area contributed by atoms with Crippen LogP contribution >= 0.6 is 23.5 Å². The second-order valence-corrected chi connectivity index (χ2v) is 22.3.